The lowest BCUT2D eigenvalue weighted by Gasteiger charge is -2.25. The maximum absolute atomic E-state index is 12.3. The van der Waals surface area contributed by atoms with Crippen molar-refractivity contribution in [2.45, 2.75) is 13.5 Å². The molecule has 1 aliphatic rings. The molecule has 122 valence electrons. The summed E-state index contributed by atoms with van der Waals surface area (Å²) in [5, 5.41) is 6.20. The summed E-state index contributed by atoms with van der Waals surface area (Å²) in [6.45, 7) is 6.01. The number of nitrogens with zero attached hydrogens (tertiary/aromatic N) is 2. The Labute approximate surface area is 144 Å². The second-order valence-electron chi connectivity index (χ2n) is 5.43. The molecule has 1 aromatic carbocycles. The van der Waals surface area contributed by atoms with Crippen LogP contribution in [0.15, 0.2) is 23.6 Å². The van der Waals surface area contributed by atoms with Gasteiger partial charge in [0.25, 0.3) is 5.91 Å². The molecule has 1 amide bonds. The van der Waals surface area contributed by atoms with Gasteiger partial charge in [0, 0.05) is 29.2 Å². The summed E-state index contributed by atoms with van der Waals surface area (Å²) in [7, 11) is 0. The van der Waals surface area contributed by atoms with Crippen molar-refractivity contribution in [3.63, 3.8) is 0 Å². The van der Waals surface area contributed by atoms with Gasteiger partial charge in [-0.05, 0) is 24.6 Å². The quantitative estimate of drug-likeness (QED) is 0.919. The summed E-state index contributed by atoms with van der Waals surface area (Å²) in [6.07, 6.45) is 0. The Morgan fingerprint density at radius 2 is 2.22 bits per heavy atom. The summed E-state index contributed by atoms with van der Waals surface area (Å²) in [6, 6.07) is 5.46. The Kier molecular flexibility index (Phi) is 5.27. The lowest BCUT2D eigenvalue weighted by molar-refractivity contribution is 0.0341. The topological polar surface area (TPSA) is 54.5 Å². The molecule has 2 aromatic rings. The summed E-state index contributed by atoms with van der Waals surface area (Å²) in [5.41, 5.74) is 2.09. The molecule has 1 N–H and O–H groups in total. The molecular formula is C16H18ClN3O2S. The number of carbonyl (C=O) groups excluding carboxylic acids is 1. The summed E-state index contributed by atoms with van der Waals surface area (Å²) in [4.78, 5) is 19.0. The van der Waals surface area contributed by atoms with Crippen LogP contribution in [0.3, 0.4) is 0 Å². The van der Waals surface area contributed by atoms with Crippen LogP contribution >= 0.6 is 22.9 Å². The highest BCUT2D eigenvalue weighted by molar-refractivity contribution is 7.09. The third kappa shape index (κ3) is 4.29. The van der Waals surface area contributed by atoms with Crippen LogP contribution in [0.1, 0.15) is 21.1 Å². The average Bonchev–Trinajstić information content (AvgIpc) is 3.00. The highest BCUT2D eigenvalue weighted by Gasteiger charge is 2.15. The predicted molar refractivity (Wildman–Crippen MR) is 92.4 cm³/mol. The predicted octanol–water partition coefficient (Wildman–Crippen LogP) is 3.19. The van der Waals surface area contributed by atoms with Gasteiger partial charge >= 0.3 is 0 Å². The number of hydrogen-bond acceptors (Lipinski definition) is 5. The van der Waals surface area contributed by atoms with Gasteiger partial charge in [0.15, 0.2) is 0 Å². The Bertz CT molecular complexity index is 698. The molecule has 0 atom stereocenters. The Morgan fingerprint density at radius 3 is 2.96 bits per heavy atom. The Hall–Kier alpha value is -1.47. The largest absolute Gasteiger partial charge is 0.379 e. The van der Waals surface area contributed by atoms with Crippen molar-refractivity contribution in [1.82, 2.24) is 9.88 Å². The first-order chi connectivity index (χ1) is 11.1. The van der Waals surface area contributed by atoms with Crippen molar-refractivity contribution in [3.8, 4) is 0 Å². The van der Waals surface area contributed by atoms with Gasteiger partial charge in [-0.25, -0.2) is 4.98 Å². The number of halogens is 1. The van der Waals surface area contributed by atoms with Gasteiger partial charge in [-0.2, -0.15) is 0 Å². The van der Waals surface area contributed by atoms with Gasteiger partial charge in [0.1, 0.15) is 10.7 Å². The molecule has 1 fully saturated rings. The molecule has 0 spiro atoms. The maximum Gasteiger partial charge on any atom is 0.275 e. The zero-order chi connectivity index (χ0) is 16.2. The molecule has 0 saturated carbocycles. The fourth-order valence-corrected chi connectivity index (χ4v) is 3.30. The molecule has 23 heavy (non-hydrogen) atoms. The van der Waals surface area contributed by atoms with Crippen LogP contribution < -0.4 is 5.32 Å². The molecule has 0 unspecified atom stereocenters. The standard InChI is InChI=1S/C16H18ClN3O2S/c1-11-2-3-12(8-13(11)17)18-16(21)14-10-23-15(19-14)9-20-4-6-22-7-5-20/h2-3,8,10H,4-7,9H2,1H3,(H,18,21). The lowest BCUT2D eigenvalue weighted by atomic mass is 10.2. The van der Waals surface area contributed by atoms with Crippen molar-refractivity contribution in [1.29, 1.82) is 0 Å². The van der Waals surface area contributed by atoms with Crippen LogP contribution in [-0.4, -0.2) is 42.1 Å². The minimum atomic E-state index is -0.214. The monoisotopic (exact) mass is 351 g/mol. The number of hydrogen-bond donors (Lipinski definition) is 1. The van der Waals surface area contributed by atoms with E-state index < -0.39 is 0 Å². The van der Waals surface area contributed by atoms with E-state index in [2.05, 4.69) is 15.2 Å². The Balaban J connectivity index is 1.62. The molecule has 1 aliphatic heterocycles. The summed E-state index contributed by atoms with van der Waals surface area (Å²) >= 11 is 7.58. The first-order valence-electron chi connectivity index (χ1n) is 7.44. The number of aromatic nitrogens is 1. The zero-order valence-corrected chi connectivity index (χ0v) is 14.4. The van der Waals surface area contributed by atoms with Crippen LogP contribution in [0.2, 0.25) is 5.02 Å². The van der Waals surface area contributed by atoms with Gasteiger partial charge in [0.2, 0.25) is 0 Å². The minimum Gasteiger partial charge on any atom is -0.379 e. The van der Waals surface area contributed by atoms with E-state index in [-0.39, 0.29) is 5.91 Å². The first-order valence-corrected chi connectivity index (χ1v) is 8.69. The zero-order valence-electron chi connectivity index (χ0n) is 12.8. The number of amides is 1. The number of anilines is 1. The highest BCUT2D eigenvalue weighted by Crippen LogP contribution is 2.21. The molecule has 2 heterocycles. The number of aryl methyl sites for hydroxylation is 1. The SMILES string of the molecule is Cc1ccc(NC(=O)c2csc(CN3CCOCC3)n2)cc1Cl. The molecule has 0 bridgehead atoms. The van der Waals surface area contributed by atoms with E-state index in [9.17, 15) is 4.79 Å². The van der Waals surface area contributed by atoms with E-state index in [1.54, 1.807) is 11.4 Å². The Morgan fingerprint density at radius 1 is 1.43 bits per heavy atom. The normalized spacial score (nSPS) is 15.6. The van der Waals surface area contributed by atoms with Crippen molar-refractivity contribution in [2.24, 2.45) is 0 Å². The number of morpholine rings is 1. The number of thiazole rings is 1. The molecule has 1 aromatic heterocycles. The maximum atomic E-state index is 12.3. The fraction of sp³-hybridized carbons (Fsp3) is 0.375. The molecule has 0 aliphatic carbocycles. The average molecular weight is 352 g/mol. The highest BCUT2D eigenvalue weighted by atomic mass is 35.5. The van der Waals surface area contributed by atoms with Crippen LogP contribution in [-0.2, 0) is 11.3 Å². The number of carbonyl (C=O) groups is 1. The lowest BCUT2D eigenvalue weighted by Crippen LogP contribution is -2.35. The van der Waals surface area contributed by atoms with E-state index >= 15 is 0 Å². The van der Waals surface area contributed by atoms with Crippen molar-refractivity contribution in [3.05, 3.63) is 44.9 Å². The number of rotatable bonds is 4. The second-order valence-corrected chi connectivity index (χ2v) is 6.78. The summed E-state index contributed by atoms with van der Waals surface area (Å²) < 4.78 is 5.33. The van der Waals surface area contributed by atoms with Crippen LogP contribution in [0.4, 0.5) is 5.69 Å². The van der Waals surface area contributed by atoms with Gasteiger partial charge in [0.05, 0.1) is 19.8 Å². The van der Waals surface area contributed by atoms with E-state index in [4.69, 9.17) is 16.3 Å². The van der Waals surface area contributed by atoms with Crippen molar-refractivity contribution >= 4 is 34.5 Å². The van der Waals surface area contributed by atoms with Gasteiger partial charge in [-0.15, -0.1) is 11.3 Å². The van der Waals surface area contributed by atoms with Gasteiger partial charge in [-0.3, -0.25) is 9.69 Å². The molecular weight excluding hydrogens is 334 g/mol. The fourth-order valence-electron chi connectivity index (χ4n) is 2.30. The first kappa shape index (κ1) is 16.4. The third-order valence-corrected chi connectivity index (χ3v) is 4.92. The van der Waals surface area contributed by atoms with E-state index in [1.165, 1.54) is 11.3 Å². The van der Waals surface area contributed by atoms with Gasteiger partial charge in [-0.1, -0.05) is 17.7 Å². The molecule has 5 nitrogen and oxygen atoms in total. The van der Waals surface area contributed by atoms with Crippen molar-refractivity contribution in [2.75, 3.05) is 31.6 Å². The summed E-state index contributed by atoms with van der Waals surface area (Å²) in [5.74, 6) is -0.214. The molecule has 3 rings (SSSR count). The van der Waals surface area contributed by atoms with Gasteiger partial charge < -0.3 is 10.1 Å². The number of nitrogens with one attached hydrogen (secondary N) is 1. The van der Waals surface area contributed by atoms with E-state index in [1.807, 2.05) is 19.1 Å². The number of benzene rings is 1. The number of ether oxygens (including phenoxy) is 1. The second kappa shape index (κ2) is 7.40. The molecule has 7 heteroatoms. The van der Waals surface area contributed by atoms with E-state index in [0.717, 1.165) is 43.4 Å². The minimum absolute atomic E-state index is 0.214. The molecule has 0 radical (unpaired) electrons. The van der Waals surface area contributed by atoms with E-state index in [0.29, 0.717) is 16.4 Å². The van der Waals surface area contributed by atoms with Crippen LogP contribution in [0.25, 0.3) is 0 Å². The van der Waals surface area contributed by atoms with Crippen LogP contribution in [0, 0.1) is 6.92 Å². The van der Waals surface area contributed by atoms with Crippen molar-refractivity contribution < 1.29 is 9.53 Å². The van der Waals surface area contributed by atoms with Crippen LogP contribution in [0.5, 0.6) is 0 Å². The third-order valence-electron chi connectivity index (χ3n) is 3.68. The molecule has 1 saturated heterocycles. The smallest absolute Gasteiger partial charge is 0.275 e.